The summed E-state index contributed by atoms with van der Waals surface area (Å²) in [6.45, 7) is 2.54. The number of epoxide rings is 1. The fraction of sp³-hybridized carbons (Fsp3) is 0.500. The molecule has 0 spiro atoms. The summed E-state index contributed by atoms with van der Waals surface area (Å²) in [4.78, 5) is 0.418. The van der Waals surface area contributed by atoms with Crippen molar-refractivity contribution >= 4 is 9.84 Å². The Morgan fingerprint density at radius 3 is 2.44 bits per heavy atom. The zero-order chi connectivity index (χ0) is 11.6. The maximum atomic E-state index is 11.6. The molecule has 1 saturated heterocycles. The average Bonchev–Trinajstić information content (AvgIpc) is 3.11. The molecule has 1 aliphatic rings. The second-order valence-corrected chi connectivity index (χ2v) is 6.32. The molecule has 0 amide bonds. The van der Waals surface area contributed by atoms with E-state index in [0.29, 0.717) is 11.0 Å². The first-order chi connectivity index (χ1) is 7.62. The zero-order valence-corrected chi connectivity index (χ0v) is 10.2. The van der Waals surface area contributed by atoms with Gasteiger partial charge in [-0.15, -0.1) is 0 Å². The van der Waals surface area contributed by atoms with Crippen LogP contribution in [0.1, 0.15) is 18.9 Å². The molecule has 1 atom stereocenters. The van der Waals surface area contributed by atoms with E-state index in [-0.39, 0.29) is 5.75 Å². The molecule has 1 aromatic rings. The van der Waals surface area contributed by atoms with E-state index in [9.17, 15) is 8.42 Å². The van der Waals surface area contributed by atoms with E-state index in [4.69, 9.17) is 4.74 Å². The molecule has 0 aliphatic carbocycles. The molecule has 0 N–H and O–H groups in total. The number of benzene rings is 1. The molecule has 4 heteroatoms. The van der Waals surface area contributed by atoms with E-state index in [2.05, 4.69) is 0 Å². The summed E-state index contributed by atoms with van der Waals surface area (Å²) in [5.74, 6) is 0.155. The number of hydrogen-bond acceptors (Lipinski definition) is 3. The Balaban J connectivity index is 2.03. The summed E-state index contributed by atoms with van der Waals surface area (Å²) in [6.07, 6.45) is 2.41. The first kappa shape index (κ1) is 11.6. The van der Waals surface area contributed by atoms with E-state index in [0.717, 1.165) is 19.4 Å². The fourth-order valence-corrected chi connectivity index (χ4v) is 2.48. The third-order valence-electron chi connectivity index (χ3n) is 2.82. The molecule has 2 rings (SSSR count). The quantitative estimate of drug-likeness (QED) is 0.737. The van der Waals surface area contributed by atoms with Crippen molar-refractivity contribution in [1.82, 2.24) is 0 Å². The van der Waals surface area contributed by atoms with Crippen LogP contribution >= 0.6 is 0 Å². The van der Waals surface area contributed by atoms with Crippen molar-refractivity contribution < 1.29 is 13.2 Å². The van der Waals surface area contributed by atoms with Crippen LogP contribution in [0.5, 0.6) is 0 Å². The Morgan fingerprint density at radius 1 is 1.31 bits per heavy atom. The van der Waals surface area contributed by atoms with Gasteiger partial charge in [-0.1, -0.05) is 19.1 Å². The molecule has 0 saturated carbocycles. The lowest BCUT2D eigenvalue weighted by Gasteiger charge is -2.03. The predicted octanol–water partition coefficient (Wildman–Crippen LogP) is 1.81. The molecule has 16 heavy (non-hydrogen) atoms. The molecule has 1 heterocycles. The van der Waals surface area contributed by atoms with E-state index in [1.165, 1.54) is 5.56 Å². The van der Waals surface area contributed by atoms with Gasteiger partial charge in [-0.05, 0) is 30.5 Å². The van der Waals surface area contributed by atoms with Crippen LogP contribution in [0.25, 0.3) is 0 Å². The van der Waals surface area contributed by atoms with Gasteiger partial charge in [0.2, 0.25) is 0 Å². The molecular weight excluding hydrogens is 224 g/mol. The highest BCUT2D eigenvalue weighted by molar-refractivity contribution is 7.91. The SMILES string of the molecule is CCS(=O)(=O)c1ccc(CCC2CO2)cc1. The fourth-order valence-electron chi connectivity index (χ4n) is 1.59. The summed E-state index contributed by atoms with van der Waals surface area (Å²) in [5, 5.41) is 0. The van der Waals surface area contributed by atoms with Gasteiger partial charge < -0.3 is 4.74 Å². The highest BCUT2D eigenvalue weighted by atomic mass is 32.2. The van der Waals surface area contributed by atoms with Gasteiger partial charge in [0, 0.05) is 0 Å². The summed E-state index contributed by atoms with van der Waals surface area (Å²) in [6, 6.07) is 7.18. The third-order valence-corrected chi connectivity index (χ3v) is 4.57. The van der Waals surface area contributed by atoms with Gasteiger partial charge in [0.15, 0.2) is 9.84 Å². The van der Waals surface area contributed by atoms with Crippen molar-refractivity contribution in [3.8, 4) is 0 Å². The van der Waals surface area contributed by atoms with Gasteiger partial charge in [-0.3, -0.25) is 0 Å². The van der Waals surface area contributed by atoms with Crippen molar-refractivity contribution in [3.63, 3.8) is 0 Å². The van der Waals surface area contributed by atoms with Crippen molar-refractivity contribution in [3.05, 3.63) is 29.8 Å². The van der Waals surface area contributed by atoms with Crippen molar-refractivity contribution in [2.75, 3.05) is 12.4 Å². The molecule has 1 aromatic carbocycles. The lowest BCUT2D eigenvalue weighted by Crippen LogP contribution is -2.03. The van der Waals surface area contributed by atoms with Crippen molar-refractivity contribution in [1.29, 1.82) is 0 Å². The maximum Gasteiger partial charge on any atom is 0.178 e. The second kappa shape index (κ2) is 4.55. The summed E-state index contributed by atoms with van der Waals surface area (Å²) in [5.41, 5.74) is 1.17. The molecule has 1 fully saturated rings. The Bertz CT molecular complexity index is 444. The molecule has 1 unspecified atom stereocenters. The monoisotopic (exact) mass is 240 g/mol. The van der Waals surface area contributed by atoms with Gasteiger partial charge in [0.25, 0.3) is 0 Å². The number of sulfone groups is 1. The lowest BCUT2D eigenvalue weighted by molar-refractivity contribution is 0.397. The number of rotatable bonds is 5. The van der Waals surface area contributed by atoms with Crippen LogP contribution in [0.3, 0.4) is 0 Å². The first-order valence-corrected chi connectivity index (χ1v) is 7.20. The number of hydrogen-bond donors (Lipinski definition) is 0. The topological polar surface area (TPSA) is 46.7 Å². The molecular formula is C12H16O3S. The van der Waals surface area contributed by atoms with Crippen LogP contribution in [0, 0.1) is 0 Å². The Kier molecular flexibility index (Phi) is 3.30. The normalized spacial score (nSPS) is 19.7. The minimum absolute atomic E-state index is 0.155. The highest BCUT2D eigenvalue weighted by Gasteiger charge is 2.21. The Hall–Kier alpha value is -0.870. The van der Waals surface area contributed by atoms with E-state index in [1.807, 2.05) is 12.1 Å². The smallest absolute Gasteiger partial charge is 0.178 e. The molecule has 88 valence electrons. The summed E-state index contributed by atoms with van der Waals surface area (Å²) < 4.78 is 28.3. The summed E-state index contributed by atoms with van der Waals surface area (Å²) in [7, 11) is -3.06. The minimum atomic E-state index is -3.06. The lowest BCUT2D eigenvalue weighted by atomic mass is 10.1. The number of ether oxygens (including phenoxy) is 1. The standard InChI is InChI=1S/C12H16O3S/c1-2-16(13,14)12-7-4-10(5-8-12)3-6-11-9-15-11/h4-5,7-8,11H,2-3,6,9H2,1H3. The van der Waals surface area contributed by atoms with Crippen LogP contribution < -0.4 is 0 Å². The second-order valence-electron chi connectivity index (χ2n) is 4.04. The van der Waals surface area contributed by atoms with Gasteiger partial charge in [0.1, 0.15) is 0 Å². The summed E-state index contributed by atoms with van der Waals surface area (Å²) >= 11 is 0. The van der Waals surface area contributed by atoms with Gasteiger partial charge in [-0.25, -0.2) is 8.42 Å². The van der Waals surface area contributed by atoms with Crippen LogP contribution in [0.15, 0.2) is 29.2 Å². The minimum Gasteiger partial charge on any atom is -0.373 e. The van der Waals surface area contributed by atoms with E-state index < -0.39 is 9.84 Å². The van der Waals surface area contributed by atoms with Crippen LogP contribution in [0.2, 0.25) is 0 Å². The van der Waals surface area contributed by atoms with Gasteiger partial charge >= 0.3 is 0 Å². The van der Waals surface area contributed by atoms with E-state index in [1.54, 1.807) is 19.1 Å². The molecule has 0 aromatic heterocycles. The predicted molar refractivity (Wildman–Crippen MR) is 62.2 cm³/mol. The first-order valence-electron chi connectivity index (χ1n) is 5.55. The van der Waals surface area contributed by atoms with Crippen LogP contribution in [0.4, 0.5) is 0 Å². The Labute approximate surface area is 96.4 Å². The molecule has 1 aliphatic heterocycles. The van der Waals surface area contributed by atoms with Crippen molar-refractivity contribution in [2.45, 2.75) is 30.8 Å². The van der Waals surface area contributed by atoms with Crippen LogP contribution in [-0.4, -0.2) is 26.9 Å². The Morgan fingerprint density at radius 2 is 1.94 bits per heavy atom. The van der Waals surface area contributed by atoms with Gasteiger partial charge in [0.05, 0.1) is 23.4 Å². The van der Waals surface area contributed by atoms with E-state index >= 15 is 0 Å². The van der Waals surface area contributed by atoms with Crippen molar-refractivity contribution in [2.24, 2.45) is 0 Å². The third kappa shape index (κ3) is 2.83. The largest absolute Gasteiger partial charge is 0.373 e. The molecule has 0 radical (unpaired) electrons. The highest BCUT2D eigenvalue weighted by Crippen LogP contribution is 2.18. The average molecular weight is 240 g/mol. The maximum absolute atomic E-state index is 11.6. The number of aryl methyl sites for hydroxylation is 1. The molecule has 3 nitrogen and oxygen atoms in total. The zero-order valence-electron chi connectivity index (χ0n) is 9.35. The van der Waals surface area contributed by atoms with Crippen LogP contribution in [-0.2, 0) is 21.0 Å². The molecule has 0 bridgehead atoms. The van der Waals surface area contributed by atoms with Gasteiger partial charge in [-0.2, -0.15) is 0 Å².